The van der Waals surface area contributed by atoms with E-state index in [9.17, 15) is 13.5 Å². The van der Waals surface area contributed by atoms with Crippen LogP contribution in [-0.4, -0.2) is 39.2 Å². The van der Waals surface area contributed by atoms with Crippen LogP contribution in [0.2, 0.25) is 0 Å². The molecule has 0 aromatic heterocycles. The van der Waals surface area contributed by atoms with E-state index in [-0.39, 0.29) is 36.0 Å². The Bertz CT molecular complexity index is 1640. The Hall–Kier alpha value is -4.21. The van der Waals surface area contributed by atoms with Gasteiger partial charge in [0, 0.05) is 17.7 Å². The highest BCUT2D eigenvalue weighted by molar-refractivity contribution is 7.89. The van der Waals surface area contributed by atoms with Crippen LogP contribution in [0.1, 0.15) is 33.9 Å². The van der Waals surface area contributed by atoms with Gasteiger partial charge >= 0.3 is 0 Å². The zero-order valence-corrected chi connectivity index (χ0v) is 24.3. The van der Waals surface area contributed by atoms with E-state index < -0.39 is 16.1 Å². The number of phenols is 1. The molecule has 41 heavy (non-hydrogen) atoms. The zero-order chi connectivity index (χ0) is 29.1. The maximum Gasteiger partial charge on any atom is 0.243 e. The lowest BCUT2D eigenvalue weighted by molar-refractivity contribution is 0.254. The average molecular weight is 576 g/mol. The van der Waals surface area contributed by atoms with Gasteiger partial charge in [-0.3, -0.25) is 0 Å². The van der Waals surface area contributed by atoms with Gasteiger partial charge in [-0.2, -0.15) is 4.31 Å². The second-order valence-electron chi connectivity index (χ2n) is 9.83. The van der Waals surface area contributed by atoms with E-state index in [1.54, 1.807) is 43.5 Å². The van der Waals surface area contributed by atoms with Gasteiger partial charge in [0.05, 0.1) is 32.3 Å². The molecule has 5 rings (SSSR count). The van der Waals surface area contributed by atoms with Gasteiger partial charge in [-0.25, -0.2) is 8.42 Å². The quantitative estimate of drug-likeness (QED) is 0.270. The van der Waals surface area contributed by atoms with Gasteiger partial charge in [-0.1, -0.05) is 54.1 Å². The Balaban J connectivity index is 1.65. The molecular weight excluding hydrogens is 542 g/mol. The number of rotatable bonds is 9. The molecule has 0 radical (unpaired) electrons. The van der Waals surface area contributed by atoms with Crippen molar-refractivity contribution in [3.63, 3.8) is 0 Å². The third kappa shape index (κ3) is 5.42. The highest BCUT2D eigenvalue weighted by atomic mass is 32.2. The molecule has 1 heterocycles. The summed E-state index contributed by atoms with van der Waals surface area (Å²) in [5, 5.41) is 11.3. The third-order valence-electron chi connectivity index (χ3n) is 7.38. The minimum Gasteiger partial charge on any atom is -0.504 e. The minimum atomic E-state index is -4.02. The van der Waals surface area contributed by atoms with Crippen molar-refractivity contribution in [2.75, 3.05) is 21.3 Å². The molecule has 214 valence electrons. The maximum absolute atomic E-state index is 14.2. The molecule has 1 N–H and O–H groups in total. The molecule has 9 heteroatoms. The molecule has 1 aliphatic rings. The van der Waals surface area contributed by atoms with Crippen LogP contribution in [0.3, 0.4) is 0 Å². The number of nitrogens with zero attached hydrogens (tertiary/aromatic N) is 1. The van der Waals surface area contributed by atoms with Gasteiger partial charge in [0.15, 0.2) is 23.0 Å². The van der Waals surface area contributed by atoms with E-state index in [4.69, 9.17) is 18.9 Å². The van der Waals surface area contributed by atoms with Crippen molar-refractivity contribution < 1.29 is 32.5 Å². The van der Waals surface area contributed by atoms with Crippen molar-refractivity contribution in [2.45, 2.75) is 37.4 Å². The van der Waals surface area contributed by atoms with Crippen LogP contribution in [0.25, 0.3) is 0 Å². The summed E-state index contributed by atoms with van der Waals surface area (Å²) >= 11 is 0. The van der Waals surface area contributed by atoms with E-state index in [1.165, 1.54) is 18.5 Å². The molecule has 8 nitrogen and oxygen atoms in total. The van der Waals surface area contributed by atoms with Crippen LogP contribution in [0, 0.1) is 6.92 Å². The number of phenolic OH excluding ortho intramolecular Hbond substituents is 1. The molecule has 0 saturated carbocycles. The molecular formula is C32H33NO7S. The number of benzene rings is 4. The van der Waals surface area contributed by atoms with Crippen molar-refractivity contribution >= 4 is 10.0 Å². The van der Waals surface area contributed by atoms with Gasteiger partial charge in [0.1, 0.15) is 6.61 Å². The van der Waals surface area contributed by atoms with E-state index in [0.29, 0.717) is 28.4 Å². The van der Waals surface area contributed by atoms with Gasteiger partial charge < -0.3 is 24.1 Å². The molecule has 0 bridgehead atoms. The molecule has 0 aliphatic carbocycles. The number of aryl methyl sites for hydroxylation is 1. The normalized spacial score (nSPS) is 15.2. The van der Waals surface area contributed by atoms with Crippen molar-refractivity contribution in [2.24, 2.45) is 0 Å². The number of methoxy groups -OCH3 is 3. The molecule has 1 aliphatic heterocycles. The van der Waals surface area contributed by atoms with Crippen LogP contribution in [0.5, 0.6) is 28.7 Å². The lowest BCUT2D eigenvalue weighted by Gasteiger charge is -2.37. The fourth-order valence-electron chi connectivity index (χ4n) is 5.19. The molecule has 1 atom stereocenters. The SMILES string of the molecule is COc1ccc(C2Cc3ccc(OC)c(OCc4ccccc4)c3CN2S(=O)(=O)c2ccc(C)cc2)c(O)c1OC. The average Bonchev–Trinajstić information content (AvgIpc) is 2.99. The van der Waals surface area contributed by atoms with Crippen molar-refractivity contribution in [1.29, 1.82) is 0 Å². The molecule has 4 aromatic carbocycles. The van der Waals surface area contributed by atoms with E-state index in [1.807, 2.05) is 49.4 Å². The highest BCUT2D eigenvalue weighted by Crippen LogP contribution is 2.49. The van der Waals surface area contributed by atoms with E-state index in [0.717, 1.165) is 16.7 Å². The monoisotopic (exact) mass is 575 g/mol. The summed E-state index contributed by atoms with van der Waals surface area (Å²) < 4.78 is 52.6. The van der Waals surface area contributed by atoms with Crippen LogP contribution < -0.4 is 18.9 Å². The molecule has 0 saturated heterocycles. The fourth-order valence-corrected chi connectivity index (χ4v) is 6.77. The lowest BCUT2D eigenvalue weighted by Crippen LogP contribution is -2.39. The Morgan fingerprint density at radius 3 is 2.15 bits per heavy atom. The maximum atomic E-state index is 14.2. The standard InChI is InChI=1S/C32H33NO7S/c1-21-10-13-24(14-11-21)41(35,36)33-19-26-23(18-27(33)25-15-17-29(38-3)32(39-4)30(25)34)12-16-28(37-2)31(26)40-20-22-8-6-5-7-9-22/h5-17,27,34H,18-20H2,1-4H3. The summed E-state index contributed by atoms with van der Waals surface area (Å²) in [6.45, 7) is 2.20. The lowest BCUT2D eigenvalue weighted by atomic mass is 9.90. The summed E-state index contributed by atoms with van der Waals surface area (Å²) in [6.07, 6.45) is 0.287. The van der Waals surface area contributed by atoms with Gasteiger partial charge in [-0.05, 0) is 54.8 Å². The minimum absolute atomic E-state index is 0.00528. The predicted octanol–water partition coefficient (Wildman–Crippen LogP) is 5.79. The number of aromatic hydroxyl groups is 1. The van der Waals surface area contributed by atoms with Crippen LogP contribution in [0.4, 0.5) is 0 Å². The van der Waals surface area contributed by atoms with Crippen molar-refractivity contribution in [1.82, 2.24) is 4.31 Å². The van der Waals surface area contributed by atoms with Gasteiger partial charge in [0.2, 0.25) is 15.8 Å². The Morgan fingerprint density at radius 1 is 0.829 bits per heavy atom. The predicted molar refractivity (Wildman–Crippen MR) is 155 cm³/mol. The molecule has 0 fully saturated rings. The third-order valence-corrected chi connectivity index (χ3v) is 9.25. The van der Waals surface area contributed by atoms with E-state index in [2.05, 4.69) is 0 Å². The largest absolute Gasteiger partial charge is 0.504 e. The summed E-state index contributed by atoms with van der Waals surface area (Å²) in [5.74, 6) is 1.33. The molecule has 0 amide bonds. The second kappa shape index (κ2) is 11.7. The Labute approximate surface area is 240 Å². The number of hydrogen-bond acceptors (Lipinski definition) is 7. The first-order valence-electron chi connectivity index (χ1n) is 13.2. The number of hydrogen-bond donors (Lipinski definition) is 1. The number of ether oxygens (including phenoxy) is 4. The molecule has 1 unspecified atom stereocenters. The van der Waals surface area contributed by atoms with Gasteiger partial charge in [-0.15, -0.1) is 0 Å². The van der Waals surface area contributed by atoms with Gasteiger partial charge in [0.25, 0.3) is 0 Å². The second-order valence-corrected chi connectivity index (χ2v) is 11.7. The molecule has 0 spiro atoms. The zero-order valence-electron chi connectivity index (χ0n) is 23.5. The van der Waals surface area contributed by atoms with Crippen LogP contribution >= 0.6 is 0 Å². The van der Waals surface area contributed by atoms with Crippen molar-refractivity contribution in [3.05, 3.63) is 107 Å². The molecule has 4 aromatic rings. The van der Waals surface area contributed by atoms with Crippen molar-refractivity contribution in [3.8, 4) is 28.7 Å². The number of fused-ring (bicyclic) bond motifs is 1. The van der Waals surface area contributed by atoms with Crippen LogP contribution in [0.15, 0.2) is 83.8 Å². The Kier molecular flexibility index (Phi) is 8.10. The number of sulfonamides is 1. The summed E-state index contributed by atoms with van der Waals surface area (Å²) in [6, 6.07) is 22.8. The smallest absolute Gasteiger partial charge is 0.243 e. The van der Waals surface area contributed by atoms with E-state index >= 15 is 0 Å². The highest BCUT2D eigenvalue weighted by Gasteiger charge is 2.40. The first kappa shape index (κ1) is 28.3. The Morgan fingerprint density at radius 2 is 1.49 bits per heavy atom. The fraction of sp³-hybridized carbons (Fsp3) is 0.250. The summed E-state index contributed by atoms with van der Waals surface area (Å²) in [7, 11) is 0.450. The first-order valence-corrected chi connectivity index (χ1v) is 14.6. The summed E-state index contributed by atoms with van der Waals surface area (Å²) in [5.41, 5.74) is 3.94. The first-order chi connectivity index (χ1) is 19.8. The van der Waals surface area contributed by atoms with Crippen LogP contribution in [-0.2, 0) is 29.6 Å². The topological polar surface area (TPSA) is 94.5 Å². The summed E-state index contributed by atoms with van der Waals surface area (Å²) in [4.78, 5) is 0.158.